The molecule has 0 radical (unpaired) electrons. The molecule has 2 fully saturated rings. The van der Waals surface area contributed by atoms with E-state index in [0.717, 1.165) is 36.3 Å². The lowest BCUT2D eigenvalue weighted by Gasteiger charge is -2.30. The van der Waals surface area contributed by atoms with E-state index in [1.54, 1.807) is 0 Å². The minimum absolute atomic E-state index is 0.146. The molecule has 1 heterocycles. The first-order valence-corrected chi connectivity index (χ1v) is 10.3. The standard InChI is InChI=1S/C21H29N3O5/c25-19(23-11-6-12-24(23)21(27)28)18(13-16-7-4-5-8-16)14-22-20(26)29-15-17-9-2-1-3-10-17/h1-3,9-10,16,18H,4-8,11-15H2,(H,22,26)(H,27,28)/t18-/m1/s1. The molecule has 158 valence electrons. The molecule has 1 aliphatic carbocycles. The summed E-state index contributed by atoms with van der Waals surface area (Å²) in [5.41, 5.74) is 0.885. The predicted octanol–water partition coefficient (Wildman–Crippen LogP) is 3.24. The van der Waals surface area contributed by atoms with Crippen molar-refractivity contribution >= 4 is 18.1 Å². The second kappa shape index (κ2) is 10.1. The zero-order valence-corrected chi connectivity index (χ0v) is 16.6. The van der Waals surface area contributed by atoms with Crippen LogP contribution >= 0.6 is 0 Å². The van der Waals surface area contributed by atoms with Crippen molar-refractivity contribution in [3.8, 4) is 0 Å². The van der Waals surface area contributed by atoms with Gasteiger partial charge in [0.1, 0.15) is 6.61 Å². The number of carbonyl (C=O) groups is 3. The van der Waals surface area contributed by atoms with Gasteiger partial charge in [-0.1, -0.05) is 56.0 Å². The fraction of sp³-hybridized carbons (Fsp3) is 0.571. The average Bonchev–Trinajstić information content (AvgIpc) is 3.41. The maximum atomic E-state index is 13.1. The summed E-state index contributed by atoms with van der Waals surface area (Å²) in [4.78, 5) is 36.6. The topological polar surface area (TPSA) is 99.2 Å². The van der Waals surface area contributed by atoms with Gasteiger partial charge < -0.3 is 15.2 Å². The molecule has 8 nitrogen and oxygen atoms in total. The molecule has 3 rings (SSSR count). The van der Waals surface area contributed by atoms with Crippen LogP contribution < -0.4 is 5.32 Å². The highest BCUT2D eigenvalue weighted by atomic mass is 16.5. The van der Waals surface area contributed by atoms with Crippen molar-refractivity contribution in [3.63, 3.8) is 0 Å². The maximum absolute atomic E-state index is 13.1. The largest absolute Gasteiger partial charge is 0.464 e. The molecular formula is C21H29N3O5. The molecular weight excluding hydrogens is 374 g/mol. The highest BCUT2D eigenvalue weighted by molar-refractivity contribution is 5.82. The van der Waals surface area contributed by atoms with Gasteiger partial charge in [0.15, 0.2) is 0 Å². The van der Waals surface area contributed by atoms with Crippen LogP contribution in [0.1, 0.15) is 44.1 Å². The molecule has 2 N–H and O–H groups in total. The summed E-state index contributed by atoms with van der Waals surface area (Å²) in [6.07, 6.45) is 4.05. The Morgan fingerprint density at radius 3 is 2.45 bits per heavy atom. The van der Waals surface area contributed by atoms with Crippen molar-refractivity contribution in [3.05, 3.63) is 35.9 Å². The van der Waals surface area contributed by atoms with Crippen LogP contribution in [-0.2, 0) is 16.1 Å². The van der Waals surface area contributed by atoms with Crippen molar-refractivity contribution in [2.24, 2.45) is 11.8 Å². The summed E-state index contributed by atoms with van der Waals surface area (Å²) in [7, 11) is 0. The molecule has 1 aromatic carbocycles. The fourth-order valence-corrected chi connectivity index (χ4v) is 4.15. The third-order valence-corrected chi connectivity index (χ3v) is 5.65. The Morgan fingerprint density at radius 2 is 1.76 bits per heavy atom. The average molecular weight is 403 g/mol. The van der Waals surface area contributed by atoms with Crippen LogP contribution in [0.15, 0.2) is 30.3 Å². The maximum Gasteiger partial charge on any atom is 0.426 e. The number of rotatable bonds is 7. The predicted molar refractivity (Wildman–Crippen MR) is 106 cm³/mol. The van der Waals surface area contributed by atoms with Gasteiger partial charge in [-0.05, 0) is 24.3 Å². The lowest BCUT2D eigenvalue weighted by molar-refractivity contribution is -0.146. The lowest BCUT2D eigenvalue weighted by atomic mass is 9.92. The van der Waals surface area contributed by atoms with Crippen LogP contribution in [0.25, 0.3) is 0 Å². The summed E-state index contributed by atoms with van der Waals surface area (Å²) in [6, 6.07) is 9.37. The number of hydrazine groups is 1. The first-order valence-electron chi connectivity index (χ1n) is 10.3. The minimum Gasteiger partial charge on any atom is -0.464 e. The van der Waals surface area contributed by atoms with E-state index < -0.39 is 18.1 Å². The van der Waals surface area contributed by atoms with Gasteiger partial charge in [-0.2, -0.15) is 0 Å². The second-order valence-electron chi connectivity index (χ2n) is 7.75. The number of ether oxygens (including phenoxy) is 1. The monoisotopic (exact) mass is 403 g/mol. The van der Waals surface area contributed by atoms with E-state index in [4.69, 9.17) is 4.74 Å². The van der Waals surface area contributed by atoms with E-state index in [1.807, 2.05) is 30.3 Å². The Kier molecular flexibility index (Phi) is 7.32. The molecule has 1 atom stereocenters. The Labute approximate surface area is 170 Å². The van der Waals surface area contributed by atoms with Crippen molar-refractivity contribution < 1.29 is 24.2 Å². The van der Waals surface area contributed by atoms with E-state index >= 15 is 0 Å². The molecule has 1 saturated carbocycles. The third-order valence-electron chi connectivity index (χ3n) is 5.65. The Hall–Kier alpha value is -2.77. The van der Waals surface area contributed by atoms with E-state index in [-0.39, 0.29) is 19.1 Å². The molecule has 2 aliphatic rings. The zero-order valence-electron chi connectivity index (χ0n) is 16.6. The molecule has 3 amide bonds. The normalized spacial score (nSPS) is 17.9. The number of alkyl carbamates (subject to hydrolysis) is 1. The second-order valence-corrected chi connectivity index (χ2v) is 7.75. The smallest absolute Gasteiger partial charge is 0.426 e. The molecule has 1 aromatic rings. The molecule has 0 bridgehead atoms. The number of carboxylic acid groups (broad SMARTS) is 1. The van der Waals surface area contributed by atoms with Crippen LogP contribution in [0.5, 0.6) is 0 Å². The van der Waals surface area contributed by atoms with Gasteiger partial charge in [0.05, 0.1) is 5.92 Å². The molecule has 29 heavy (non-hydrogen) atoms. The Morgan fingerprint density at radius 1 is 1.07 bits per heavy atom. The van der Waals surface area contributed by atoms with Crippen molar-refractivity contribution in [2.75, 3.05) is 19.6 Å². The molecule has 0 unspecified atom stereocenters. The lowest BCUT2D eigenvalue weighted by Crippen LogP contribution is -2.49. The quantitative estimate of drug-likeness (QED) is 0.728. The van der Waals surface area contributed by atoms with E-state index in [0.29, 0.717) is 31.8 Å². The minimum atomic E-state index is -1.12. The summed E-state index contributed by atoms with van der Waals surface area (Å²) in [5.74, 6) is -0.255. The molecule has 1 saturated heterocycles. The number of amides is 3. The molecule has 1 aliphatic heterocycles. The fourth-order valence-electron chi connectivity index (χ4n) is 4.15. The van der Waals surface area contributed by atoms with Crippen molar-refractivity contribution in [1.82, 2.24) is 15.3 Å². The first-order chi connectivity index (χ1) is 14.0. The van der Waals surface area contributed by atoms with E-state index in [1.165, 1.54) is 5.01 Å². The highest BCUT2D eigenvalue weighted by Crippen LogP contribution is 2.31. The van der Waals surface area contributed by atoms with Crippen LogP contribution in [-0.4, -0.2) is 52.9 Å². The number of benzene rings is 1. The van der Waals surface area contributed by atoms with E-state index in [2.05, 4.69) is 5.32 Å². The number of nitrogens with one attached hydrogen (secondary N) is 1. The van der Waals surface area contributed by atoms with Gasteiger partial charge >= 0.3 is 12.2 Å². The van der Waals surface area contributed by atoms with Crippen LogP contribution in [0.3, 0.4) is 0 Å². The molecule has 0 spiro atoms. The van der Waals surface area contributed by atoms with Crippen LogP contribution in [0.2, 0.25) is 0 Å². The van der Waals surface area contributed by atoms with Crippen LogP contribution in [0.4, 0.5) is 9.59 Å². The number of hydrogen-bond acceptors (Lipinski definition) is 4. The van der Waals surface area contributed by atoms with Gasteiger partial charge in [-0.3, -0.25) is 4.79 Å². The van der Waals surface area contributed by atoms with Gasteiger partial charge in [0.2, 0.25) is 5.91 Å². The summed E-state index contributed by atoms with van der Waals surface area (Å²) in [5, 5.41) is 14.4. The number of nitrogens with zero attached hydrogens (tertiary/aromatic N) is 2. The highest BCUT2D eigenvalue weighted by Gasteiger charge is 2.36. The summed E-state index contributed by atoms with van der Waals surface area (Å²) in [6.45, 7) is 1.02. The summed E-state index contributed by atoms with van der Waals surface area (Å²) < 4.78 is 5.23. The van der Waals surface area contributed by atoms with Crippen molar-refractivity contribution in [1.29, 1.82) is 0 Å². The third kappa shape index (κ3) is 5.85. The Bertz CT molecular complexity index is 706. The summed E-state index contributed by atoms with van der Waals surface area (Å²) >= 11 is 0. The van der Waals surface area contributed by atoms with Gasteiger partial charge in [-0.15, -0.1) is 0 Å². The van der Waals surface area contributed by atoms with Crippen LogP contribution in [0, 0.1) is 11.8 Å². The molecule has 0 aromatic heterocycles. The zero-order chi connectivity index (χ0) is 20.6. The Balaban J connectivity index is 1.56. The van der Waals surface area contributed by atoms with Gasteiger partial charge in [0.25, 0.3) is 0 Å². The SMILES string of the molecule is O=C(NC[C@@H](CC1CCCC1)C(=O)N1CCCN1C(=O)O)OCc1ccccc1. The number of hydrogen-bond donors (Lipinski definition) is 2. The van der Waals surface area contributed by atoms with Gasteiger partial charge in [0, 0.05) is 19.6 Å². The molecule has 8 heteroatoms. The van der Waals surface area contributed by atoms with Crippen molar-refractivity contribution in [2.45, 2.75) is 45.1 Å². The van der Waals surface area contributed by atoms with Gasteiger partial charge in [-0.25, -0.2) is 19.6 Å². The first kappa shape index (κ1) is 21.0. The van der Waals surface area contributed by atoms with E-state index in [9.17, 15) is 19.5 Å². The number of carbonyl (C=O) groups excluding carboxylic acids is 2.